The Morgan fingerprint density at radius 2 is 1.95 bits per heavy atom. The van der Waals surface area contributed by atoms with Gasteiger partial charge in [-0.3, -0.25) is 9.52 Å². The van der Waals surface area contributed by atoms with Crippen LogP contribution >= 0.6 is 0 Å². The number of anilines is 3. The maximum Gasteiger partial charge on any atom is 0.390 e. The van der Waals surface area contributed by atoms with E-state index >= 15 is 4.39 Å². The van der Waals surface area contributed by atoms with E-state index in [-0.39, 0.29) is 73.8 Å². The number of benzene rings is 1. The van der Waals surface area contributed by atoms with Crippen LogP contribution in [-0.2, 0) is 19.6 Å². The van der Waals surface area contributed by atoms with Crippen LogP contribution in [0.5, 0.6) is 0 Å². The van der Waals surface area contributed by atoms with Crippen LogP contribution in [0.2, 0.25) is 0 Å². The molecule has 0 spiro atoms. The number of amides is 1. The van der Waals surface area contributed by atoms with Gasteiger partial charge in [0, 0.05) is 37.7 Å². The molecular weight excluding hydrogens is 601 g/mol. The lowest BCUT2D eigenvalue weighted by molar-refractivity contribution is -0.130. The lowest BCUT2D eigenvalue weighted by Gasteiger charge is -2.26. The SMILES string of the molecule is O=C1CCOCCN1c1cc(-c2ccc(NS(=O)(=O)CCC(F)(F)F)c(F)c2)nc2cnc(N[C@@H]3CNC[C@@H](F)C3)nc12. The molecule has 232 valence electrons. The molecule has 3 N–H and O–H groups in total. The number of halogens is 5. The standard InChI is InChI=1S/C26H28F5N7O4S/c27-16-10-17(13-32-12-16)34-25-33-14-21-24(36-25)22(38-5-7-42-6-3-23(38)39)11-20(35-21)15-1-2-19(18(28)9-15)37-43(40,41)8-4-26(29,30)31/h1-2,9,11,14,16-17,32,37H,3-8,10,12-13H2,(H,33,34,36)/t16-,17-/m0/s1. The summed E-state index contributed by atoms with van der Waals surface area (Å²) in [6.45, 7) is 1.46. The van der Waals surface area contributed by atoms with E-state index in [4.69, 9.17) is 4.74 Å². The first-order valence-electron chi connectivity index (χ1n) is 13.4. The van der Waals surface area contributed by atoms with Gasteiger partial charge in [-0.2, -0.15) is 13.2 Å². The number of piperidine rings is 1. The molecule has 2 saturated heterocycles. The van der Waals surface area contributed by atoms with Gasteiger partial charge < -0.3 is 20.3 Å². The number of hydrogen-bond acceptors (Lipinski definition) is 9. The summed E-state index contributed by atoms with van der Waals surface area (Å²) in [4.78, 5) is 27.9. The van der Waals surface area contributed by atoms with Crippen LogP contribution in [0.15, 0.2) is 30.5 Å². The molecule has 2 aliphatic heterocycles. The van der Waals surface area contributed by atoms with Crippen molar-refractivity contribution in [2.75, 3.05) is 53.5 Å². The highest BCUT2D eigenvalue weighted by Crippen LogP contribution is 2.33. The molecule has 3 aromatic rings. The average Bonchev–Trinajstić information content (AvgIpc) is 3.16. The van der Waals surface area contributed by atoms with E-state index in [0.717, 1.165) is 12.1 Å². The Labute approximate surface area is 243 Å². The van der Waals surface area contributed by atoms with Crippen molar-refractivity contribution in [1.29, 1.82) is 0 Å². The quantitative estimate of drug-likeness (QED) is 0.320. The van der Waals surface area contributed by atoms with Gasteiger partial charge in [-0.1, -0.05) is 6.07 Å². The Balaban J connectivity index is 1.49. The third kappa shape index (κ3) is 7.83. The molecule has 1 amide bonds. The van der Waals surface area contributed by atoms with Crippen LogP contribution in [0.3, 0.4) is 0 Å². The van der Waals surface area contributed by atoms with Crippen molar-refractivity contribution in [3.63, 3.8) is 0 Å². The molecule has 17 heteroatoms. The minimum absolute atomic E-state index is 0.110. The molecule has 11 nitrogen and oxygen atoms in total. The molecule has 0 unspecified atom stereocenters. The van der Waals surface area contributed by atoms with Gasteiger partial charge in [-0.25, -0.2) is 32.2 Å². The normalized spacial score (nSPS) is 20.2. The summed E-state index contributed by atoms with van der Waals surface area (Å²) in [6, 6.07) is 4.66. The van der Waals surface area contributed by atoms with E-state index in [2.05, 4.69) is 25.6 Å². The lowest BCUT2D eigenvalue weighted by atomic mass is 10.1. The first-order chi connectivity index (χ1) is 20.4. The highest BCUT2D eigenvalue weighted by molar-refractivity contribution is 7.92. The molecule has 2 atom stereocenters. The van der Waals surface area contributed by atoms with E-state index < -0.39 is 46.0 Å². The summed E-state index contributed by atoms with van der Waals surface area (Å²) in [5.74, 6) is -2.34. The van der Waals surface area contributed by atoms with Crippen molar-refractivity contribution < 1.29 is 39.9 Å². The fourth-order valence-corrected chi connectivity index (χ4v) is 5.87. The van der Waals surface area contributed by atoms with Crippen LogP contribution < -0.4 is 20.3 Å². The molecule has 43 heavy (non-hydrogen) atoms. The van der Waals surface area contributed by atoms with Crippen molar-refractivity contribution in [2.45, 2.75) is 37.7 Å². The third-order valence-electron chi connectivity index (χ3n) is 6.85. The second kappa shape index (κ2) is 12.5. The minimum atomic E-state index is -4.69. The molecule has 2 aliphatic rings. The number of alkyl halides is 4. The fourth-order valence-electron chi connectivity index (χ4n) is 4.77. The van der Waals surface area contributed by atoms with E-state index in [9.17, 15) is 30.8 Å². The minimum Gasteiger partial charge on any atom is -0.379 e. The number of rotatable bonds is 8. The van der Waals surface area contributed by atoms with Crippen LogP contribution in [0.25, 0.3) is 22.3 Å². The Hall–Kier alpha value is -3.70. The second-order valence-corrected chi connectivity index (χ2v) is 12.0. The molecule has 2 fully saturated rings. The molecule has 4 heterocycles. The zero-order chi connectivity index (χ0) is 30.8. The van der Waals surface area contributed by atoms with Crippen LogP contribution in [0.4, 0.5) is 39.3 Å². The fraction of sp³-hybridized carbons (Fsp3) is 0.462. The first kappa shape index (κ1) is 30.7. The monoisotopic (exact) mass is 629 g/mol. The van der Waals surface area contributed by atoms with Crippen molar-refractivity contribution in [3.05, 3.63) is 36.3 Å². The van der Waals surface area contributed by atoms with E-state index in [1.807, 2.05) is 4.72 Å². The van der Waals surface area contributed by atoms with Gasteiger partial charge in [0.1, 0.15) is 23.0 Å². The Morgan fingerprint density at radius 1 is 1.14 bits per heavy atom. The third-order valence-corrected chi connectivity index (χ3v) is 8.12. The van der Waals surface area contributed by atoms with Crippen molar-refractivity contribution in [3.8, 4) is 11.3 Å². The number of aromatic nitrogens is 3. The van der Waals surface area contributed by atoms with Crippen LogP contribution in [0, 0.1) is 5.82 Å². The smallest absolute Gasteiger partial charge is 0.379 e. The van der Waals surface area contributed by atoms with Gasteiger partial charge in [-0.05, 0) is 18.2 Å². The Kier molecular flexibility index (Phi) is 8.94. The molecule has 0 radical (unpaired) electrons. The second-order valence-electron chi connectivity index (χ2n) is 10.2. The van der Waals surface area contributed by atoms with E-state index in [1.165, 1.54) is 23.2 Å². The summed E-state index contributed by atoms with van der Waals surface area (Å²) in [6.07, 6.45) is -5.51. The zero-order valence-corrected chi connectivity index (χ0v) is 23.4. The van der Waals surface area contributed by atoms with Gasteiger partial charge in [0.15, 0.2) is 0 Å². The van der Waals surface area contributed by atoms with Crippen molar-refractivity contribution in [1.82, 2.24) is 20.3 Å². The van der Waals surface area contributed by atoms with E-state index in [0.29, 0.717) is 17.7 Å². The molecule has 2 aromatic heterocycles. The van der Waals surface area contributed by atoms with Crippen LogP contribution in [-0.4, -0.2) is 86.3 Å². The predicted molar refractivity (Wildman–Crippen MR) is 148 cm³/mol. The molecule has 0 saturated carbocycles. The predicted octanol–water partition coefficient (Wildman–Crippen LogP) is 3.39. The largest absolute Gasteiger partial charge is 0.390 e. The number of hydrogen-bond donors (Lipinski definition) is 3. The Bertz CT molecular complexity index is 1610. The Morgan fingerprint density at radius 3 is 2.70 bits per heavy atom. The number of carbonyl (C=O) groups excluding carboxylic acids is 1. The molecule has 0 bridgehead atoms. The topological polar surface area (TPSA) is 138 Å². The summed E-state index contributed by atoms with van der Waals surface area (Å²) in [7, 11) is -4.47. The highest BCUT2D eigenvalue weighted by atomic mass is 32.2. The molecular formula is C26H28F5N7O4S. The lowest BCUT2D eigenvalue weighted by Crippen LogP contribution is -2.44. The maximum atomic E-state index is 15.0. The molecule has 5 rings (SSSR count). The van der Waals surface area contributed by atoms with Crippen LogP contribution in [0.1, 0.15) is 19.3 Å². The number of nitrogens with one attached hydrogen (secondary N) is 3. The summed E-state index contributed by atoms with van der Waals surface area (Å²) in [5.41, 5.74) is 0.792. The average molecular weight is 630 g/mol. The number of pyridine rings is 1. The number of carbonyl (C=O) groups is 1. The summed E-state index contributed by atoms with van der Waals surface area (Å²) >= 11 is 0. The number of fused-ring (bicyclic) bond motifs is 1. The zero-order valence-electron chi connectivity index (χ0n) is 22.6. The van der Waals surface area contributed by atoms with Crippen molar-refractivity contribution >= 4 is 44.3 Å². The summed E-state index contributed by atoms with van der Waals surface area (Å²) < 4.78 is 97.8. The number of sulfonamides is 1. The van der Waals surface area contributed by atoms with Gasteiger partial charge >= 0.3 is 6.18 Å². The number of nitrogens with zero attached hydrogens (tertiary/aromatic N) is 4. The van der Waals surface area contributed by atoms with Gasteiger partial charge in [0.25, 0.3) is 0 Å². The highest BCUT2D eigenvalue weighted by Gasteiger charge is 2.30. The maximum absolute atomic E-state index is 15.0. The van der Waals surface area contributed by atoms with E-state index in [1.54, 1.807) is 0 Å². The summed E-state index contributed by atoms with van der Waals surface area (Å²) in [5, 5.41) is 6.09. The van der Waals surface area contributed by atoms with Gasteiger partial charge in [0.2, 0.25) is 21.9 Å². The molecule has 0 aliphatic carbocycles. The number of ether oxygens (including phenoxy) is 1. The van der Waals surface area contributed by atoms with Gasteiger partial charge in [0.05, 0.1) is 55.1 Å². The van der Waals surface area contributed by atoms with Gasteiger partial charge in [-0.15, -0.1) is 0 Å². The first-order valence-corrected chi connectivity index (χ1v) is 15.1. The van der Waals surface area contributed by atoms with Crippen molar-refractivity contribution in [2.24, 2.45) is 0 Å². The molecule has 1 aromatic carbocycles.